The van der Waals surface area contributed by atoms with Gasteiger partial charge in [0.25, 0.3) is 0 Å². The molecule has 1 heterocycles. The Morgan fingerprint density at radius 3 is 2.42 bits per heavy atom. The molecule has 1 atom stereocenters. The molecule has 0 saturated carbocycles. The van der Waals surface area contributed by atoms with E-state index in [0.717, 1.165) is 0 Å². The van der Waals surface area contributed by atoms with Gasteiger partial charge in [0.1, 0.15) is 5.75 Å². The van der Waals surface area contributed by atoms with Crippen LogP contribution in [0.15, 0.2) is 54.5 Å². The maximum absolute atomic E-state index is 12.9. The number of ether oxygens (including phenoxy) is 1. The lowest BCUT2D eigenvalue weighted by Gasteiger charge is -2.33. The fourth-order valence-electron chi connectivity index (χ4n) is 3.08. The summed E-state index contributed by atoms with van der Waals surface area (Å²) < 4.78 is 32.3. The highest BCUT2D eigenvalue weighted by Gasteiger charge is 2.34. The number of benzene rings is 1. The molecule has 1 aliphatic rings. The molecule has 1 aromatic carbocycles. The van der Waals surface area contributed by atoms with Gasteiger partial charge in [-0.1, -0.05) is 12.2 Å². The molecule has 2 rings (SSSR count). The minimum atomic E-state index is -3.64. The predicted molar refractivity (Wildman–Crippen MR) is 101 cm³/mol. The molecule has 0 radical (unpaired) electrons. The smallest absolute Gasteiger partial charge is 0.243 e. The standard InChI is InChI=1S/C19H26N2O4S/c1-4-12-20(13-5-2)19(22)16-7-6-14-21(15-16)26(23,24)18-10-8-17(25-3)9-11-18/h4-5,8-11,16H,1-2,6-7,12-15H2,3H3. The van der Waals surface area contributed by atoms with Crippen molar-refractivity contribution >= 4 is 15.9 Å². The molecule has 1 saturated heterocycles. The van der Waals surface area contributed by atoms with E-state index < -0.39 is 10.0 Å². The van der Waals surface area contributed by atoms with Crippen LogP contribution in [0.3, 0.4) is 0 Å². The molecule has 6 nitrogen and oxygen atoms in total. The zero-order valence-electron chi connectivity index (χ0n) is 15.1. The minimum Gasteiger partial charge on any atom is -0.497 e. The number of rotatable bonds is 8. The third-order valence-corrected chi connectivity index (χ3v) is 6.32. The van der Waals surface area contributed by atoms with Gasteiger partial charge in [-0.3, -0.25) is 4.79 Å². The number of methoxy groups -OCH3 is 1. The van der Waals surface area contributed by atoms with E-state index in [0.29, 0.717) is 38.2 Å². The van der Waals surface area contributed by atoms with Crippen LogP contribution >= 0.6 is 0 Å². The van der Waals surface area contributed by atoms with Gasteiger partial charge in [-0.25, -0.2) is 8.42 Å². The SMILES string of the molecule is C=CCN(CC=C)C(=O)C1CCCN(S(=O)(=O)c2ccc(OC)cc2)C1. The number of nitrogens with zero attached hydrogens (tertiary/aromatic N) is 2. The summed E-state index contributed by atoms with van der Waals surface area (Å²) in [5, 5.41) is 0. The Morgan fingerprint density at radius 1 is 1.27 bits per heavy atom. The molecule has 26 heavy (non-hydrogen) atoms. The molecule has 7 heteroatoms. The molecule has 0 N–H and O–H groups in total. The van der Waals surface area contributed by atoms with Gasteiger partial charge in [-0.05, 0) is 37.1 Å². The largest absolute Gasteiger partial charge is 0.497 e. The van der Waals surface area contributed by atoms with Crippen molar-refractivity contribution in [2.45, 2.75) is 17.7 Å². The Hall–Kier alpha value is -2.12. The number of sulfonamides is 1. The molecule has 0 aliphatic carbocycles. The maximum atomic E-state index is 12.9. The zero-order valence-corrected chi connectivity index (χ0v) is 16.0. The average molecular weight is 378 g/mol. The number of hydrogen-bond donors (Lipinski definition) is 0. The van der Waals surface area contributed by atoms with Crippen LogP contribution in [0.2, 0.25) is 0 Å². The summed E-state index contributed by atoms with van der Waals surface area (Å²) in [6.07, 6.45) is 4.66. The number of amides is 1. The summed E-state index contributed by atoms with van der Waals surface area (Å²) >= 11 is 0. The molecule has 0 aromatic heterocycles. The fourth-order valence-corrected chi connectivity index (χ4v) is 4.61. The van der Waals surface area contributed by atoms with Crippen molar-refractivity contribution in [1.82, 2.24) is 9.21 Å². The lowest BCUT2D eigenvalue weighted by atomic mass is 9.98. The Morgan fingerprint density at radius 2 is 1.88 bits per heavy atom. The van der Waals surface area contributed by atoms with Crippen LogP contribution < -0.4 is 4.74 Å². The van der Waals surface area contributed by atoms with E-state index in [1.807, 2.05) is 0 Å². The van der Waals surface area contributed by atoms with Gasteiger partial charge in [-0.15, -0.1) is 13.2 Å². The van der Waals surface area contributed by atoms with Crippen molar-refractivity contribution in [3.05, 3.63) is 49.6 Å². The summed E-state index contributed by atoms with van der Waals surface area (Å²) in [6.45, 7) is 8.80. The van der Waals surface area contributed by atoms with Crippen LogP contribution in [0, 0.1) is 5.92 Å². The molecule has 0 bridgehead atoms. The molecule has 1 unspecified atom stereocenters. The second kappa shape index (κ2) is 9.00. The van der Waals surface area contributed by atoms with E-state index in [4.69, 9.17) is 4.74 Å². The van der Waals surface area contributed by atoms with Gasteiger partial charge in [-0.2, -0.15) is 4.31 Å². The second-order valence-corrected chi connectivity index (χ2v) is 8.14. The summed E-state index contributed by atoms with van der Waals surface area (Å²) in [5.74, 6) is 0.191. The van der Waals surface area contributed by atoms with Crippen LogP contribution in [-0.2, 0) is 14.8 Å². The zero-order chi connectivity index (χ0) is 19.2. The highest BCUT2D eigenvalue weighted by molar-refractivity contribution is 7.89. The maximum Gasteiger partial charge on any atom is 0.243 e. The van der Waals surface area contributed by atoms with E-state index in [2.05, 4.69) is 13.2 Å². The molecule has 1 amide bonds. The van der Waals surface area contributed by atoms with E-state index in [-0.39, 0.29) is 23.3 Å². The van der Waals surface area contributed by atoms with Crippen molar-refractivity contribution in [3.8, 4) is 5.75 Å². The summed E-state index contributed by atoms with van der Waals surface area (Å²) in [6, 6.07) is 6.30. The molecule has 1 aromatic rings. The predicted octanol–water partition coefficient (Wildman–Crippen LogP) is 2.30. The first-order chi connectivity index (χ1) is 12.4. The minimum absolute atomic E-state index is 0.0561. The highest BCUT2D eigenvalue weighted by atomic mass is 32.2. The molecular formula is C19H26N2O4S. The van der Waals surface area contributed by atoms with Crippen LogP contribution in [0.5, 0.6) is 5.75 Å². The lowest BCUT2D eigenvalue weighted by molar-refractivity contribution is -0.135. The second-order valence-electron chi connectivity index (χ2n) is 6.20. The monoisotopic (exact) mass is 378 g/mol. The highest BCUT2D eigenvalue weighted by Crippen LogP contribution is 2.26. The van der Waals surface area contributed by atoms with Crippen molar-refractivity contribution in [3.63, 3.8) is 0 Å². The molecule has 142 valence electrons. The van der Waals surface area contributed by atoms with Crippen molar-refractivity contribution in [2.75, 3.05) is 33.3 Å². The Kier molecular flexibility index (Phi) is 6.99. The number of carbonyl (C=O) groups is 1. The van der Waals surface area contributed by atoms with Gasteiger partial charge >= 0.3 is 0 Å². The molecule has 1 aliphatic heterocycles. The Bertz CT molecular complexity index is 733. The lowest BCUT2D eigenvalue weighted by Crippen LogP contribution is -2.46. The van der Waals surface area contributed by atoms with Crippen molar-refractivity contribution < 1.29 is 17.9 Å². The quantitative estimate of drug-likeness (QED) is 0.651. The number of hydrogen-bond acceptors (Lipinski definition) is 4. The van der Waals surface area contributed by atoms with Gasteiger partial charge in [0.05, 0.1) is 17.9 Å². The van der Waals surface area contributed by atoms with E-state index in [1.165, 1.54) is 23.5 Å². The van der Waals surface area contributed by atoms with E-state index in [1.54, 1.807) is 29.2 Å². The van der Waals surface area contributed by atoms with Crippen LogP contribution in [0.4, 0.5) is 0 Å². The first-order valence-electron chi connectivity index (χ1n) is 8.58. The van der Waals surface area contributed by atoms with Crippen LogP contribution in [-0.4, -0.2) is 56.8 Å². The fraction of sp³-hybridized carbons (Fsp3) is 0.421. The Balaban J connectivity index is 2.16. The van der Waals surface area contributed by atoms with Gasteiger partial charge in [0.2, 0.25) is 15.9 Å². The summed E-state index contributed by atoms with van der Waals surface area (Å²) in [7, 11) is -2.11. The van der Waals surface area contributed by atoms with Crippen LogP contribution in [0.1, 0.15) is 12.8 Å². The third-order valence-electron chi connectivity index (χ3n) is 4.44. The third kappa shape index (κ3) is 4.53. The molecular weight excluding hydrogens is 352 g/mol. The Labute approximate surface area is 155 Å². The van der Waals surface area contributed by atoms with Gasteiger partial charge in [0.15, 0.2) is 0 Å². The number of piperidine rings is 1. The van der Waals surface area contributed by atoms with E-state index >= 15 is 0 Å². The van der Waals surface area contributed by atoms with Crippen molar-refractivity contribution in [2.24, 2.45) is 5.92 Å². The van der Waals surface area contributed by atoms with Gasteiger partial charge in [0, 0.05) is 26.2 Å². The van der Waals surface area contributed by atoms with Gasteiger partial charge < -0.3 is 9.64 Å². The number of carbonyl (C=O) groups excluding carboxylic acids is 1. The van der Waals surface area contributed by atoms with Crippen LogP contribution in [0.25, 0.3) is 0 Å². The normalized spacial score (nSPS) is 18.1. The van der Waals surface area contributed by atoms with Crippen molar-refractivity contribution in [1.29, 1.82) is 0 Å². The average Bonchev–Trinajstić information content (AvgIpc) is 2.67. The first kappa shape index (κ1) is 20.2. The molecule has 0 spiro atoms. The summed E-state index contributed by atoms with van der Waals surface area (Å²) in [5.41, 5.74) is 0. The first-order valence-corrected chi connectivity index (χ1v) is 10.0. The summed E-state index contributed by atoms with van der Waals surface area (Å²) in [4.78, 5) is 14.6. The topological polar surface area (TPSA) is 66.9 Å². The molecule has 1 fully saturated rings. The van der Waals surface area contributed by atoms with E-state index in [9.17, 15) is 13.2 Å².